The molecule has 1 aliphatic rings. The molecule has 0 aliphatic heterocycles. The fraction of sp³-hybridized carbons (Fsp3) is 0.417. The minimum atomic E-state index is 0.475. The van der Waals surface area contributed by atoms with Gasteiger partial charge < -0.3 is 5.73 Å². The summed E-state index contributed by atoms with van der Waals surface area (Å²) in [5.41, 5.74) is 6.79. The van der Waals surface area contributed by atoms with Crippen LogP contribution in [0.5, 0.6) is 0 Å². The van der Waals surface area contributed by atoms with E-state index in [0.717, 1.165) is 39.9 Å². The van der Waals surface area contributed by atoms with Crippen LogP contribution in [0.2, 0.25) is 5.02 Å². The molecule has 0 amide bonds. The summed E-state index contributed by atoms with van der Waals surface area (Å²) in [7, 11) is 0. The summed E-state index contributed by atoms with van der Waals surface area (Å²) < 4.78 is 1.91. The van der Waals surface area contributed by atoms with Gasteiger partial charge in [-0.1, -0.05) is 11.6 Å². The lowest BCUT2D eigenvalue weighted by atomic mass is 10.1. The highest BCUT2D eigenvalue weighted by Crippen LogP contribution is 2.38. The number of nitrogens with zero attached hydrogens (tertiary/aromatic N) is 4. The summed E-state index contributed by atoms with van der Waals surface area (Å²) >= 11 is 7.61. The number of halogens is 1. The molecule has 0 atom stereocenters. The molecule has 2 aromatic rings. The number of benzene rings is 1. The summed E-state index contributed by atoms with van der Waals surface area (Å²) in [4.78, 5) is 1.12. The molecular weight excluding hydrogens is 282 g/mol. The predicted octanol–water partition coefficient (Wildman–Crippen LogP) is 2.31. The van der Waals surface area contributed by atoms with E-state index in [0.29, 0.717) is 12.6 Å². The van der Waals surface area contributed by atoms with E-state index in [2.05, 4.69) is 15.5 Å². The summed E-state index contributed by atoms with van der Waals surface area (Å²) in [6.07, 6.45) is 3.12. The van der Waals surface area contributed by atoms with Crippen LogP contribution in [0.1, 0.15) is 24.4 Å². The summed E-state index contributed by atoms with van der Waals surface area (Å²) in [5, 5.41) is 13.5. The lowest BCUT2D eigenvalue weighted by Gasteiger charge is -2.08. The van der Waals surface area contributed by atoms with E-state index >= 15 is 0 Å². The van der Waals surface area contributed by atoms with E-state index in [-0.39, 0.29) is 0 Å². The van der Waals surface area contributed by atoms with Gasteiger partial charge in [-0.05, 0) is 71.8 Å². The van der Waals surface area contributed by atoms with E-state index in [9.17, 15) is 0 Å². The van der Waals surface area contributed by atoms with Gasteiger partial charge >= 0.3 is 0 Å². The highest BCUT2D eigenvalue weighted by molar-refractivity contribution is 7.99. The number of hydrogen-bond donors (Lipinski definition) is 1. The standard InChI is InChI=1S/C12H14ClN5S/c13-9-1-4-11(8(7-9)5-6-14)19-12-15-16-17-18(12)10-2-3-10/h1,4,7,10H,2-3,5-6,14H2. The maximum Gasteiger partial charge on any atom is 0.214 e. The minimum Gasteiger partial charge on any atom is -0.330 e. The van der Waals surface area contributed by atoms with Gasteiger partial charge in [0.25, 0.3) is 0 Å². The van der Waals surface area contributed by atoms with Crippen molar-refractivity contribution < 1.29 is 0 Å². The van der Waals surface area contributed by atoms with Gasteiger partial charge in [0.05, 0.1) is 6.04 Å². The fourth-order valence-corrected chi connectivity index (χ4v) is 3.07. The SMILES string of the molecule is NCCc1cc(Cl)ccc1Sc1nnnn1C1CC1. The minimum absolute atomic E-state index is 0.475. The average molecular weight is 296 g/mol. The smallest absolute Gasteiger partial charge is 0.214 e. The van der Waals surface area contributed by atoms with Gasteiger partial charge in [0.15, 0.2) is 0 Å². The molecule has 1 fully saturated rings. The van der Waals surface area contributed by atoms with Crippen LogP contribution in [0.3, 0.4) is 0 Å². The largest absolute Gasteiger partial charge is 0.330 e. The molecule has 1 aliphatic carbocycles. The van der Waals surface area contributed by atoms with Crippen LogP contribution < -0.4 is 5.73 Å². The Balaban J connectivity index is 1.87. The number of aromatic nitrogens is 4. The Bertz CT molecular complexity index is 581. The molecule has 0 saturated heterocycles. The lowest BCUT2D eigenvalue weighted by molar-refractivity contribution is 0.565. The highest BCUT2D eigenvalue weighted by atomic mass is 35.5. The van der Waals surface area contributed by atoms with E-state index < -0.39 is 0 Å². The van der Waals surface area contributed by atoms with Crippen molar-refractivity contribution in [3.63, 3.8) is 0 Å². The molecule has 0 spiro atoms. The van der Waals surface area contributed by atoms with Gasteiger partial charge in [0.2, 0.25) is 5.16 Å². The molecule has 19 heavy (non-hydrogen) atoms. The van der Waals surface area contributed by atoms with Crippen molar-refractivity contribution in [1.29, 1.82) is 0 Å². The summed E-state index contributed by atoms with van der Waals surface area (Å²) in [5.74, 6) is 0. The number of hydrogen-bond acceptors (Lipinski definition) is 5. The molecule has 5 nitrogen and oxygen atoms in total. The second-order valence-electron chi connectivity index (χ2n) is 4.53. The number of tetrazole rings is 1. The second-order valence-corrected chi connectivity index (χ2v) is 5.98. The molecule has 3 rings (SSSR count). The Morgan fingerprint density at radius 1 is 1.42 bits per heavy atom. The van der Waals surface area contributed by atoms with Gasteiger partial charge in [-0.3, -0.25) is 0 Å². The van der Waals surface area contributed by atoms with Crippen LogP contribution >= 0.6 is 23.4 Å². The van der Waals surface area contributed by atoms with Gasteiger partial charge in [-0.2, -0.15) is 0 Å². The van der Waals surface area contributed by atoms with Gasteiger partial charge in [0, 0.05) is 9.92 Å². The van der Waals surface area contributed by atoms with E-state index in [4.69, 9.17) is 17.3 Å². The normalized spacial score (nSPS) is 14.8. The third-order valence-corrected chi connectivity index (χ3v) is 4.30. The van der Waals surface area contributed by atoms with Crippen LogP contribution in [0.25, 0.3) is 0 Å². The first-order valence-electron chi connectivity index (χ1n) is 6.22. The van der Waals surface area contributed by atoms with E-state index in [1.807, 2.05) is 22.9 Å². The highest BCUT2D eigenvalue weighted by Gasteiger charge is 2.28. The zero-order chi connectivity index (χ0) is 13.2. The van der Waals surface area contributed by atoms with Crippen molar-refractivity contribution in [2.24, 2.45) is 5.73 Å². The lowest BCUT2D eigenvalue weighted by Crippen LogP contribution is -2.04. The van der Waals surface area contributed by atoms with Crippen molar-refractivity contribution in [2.45, 2.75) is 35.4 Å². The zero-order valence-corrected chi connectivity index (χ0v) is 11.9. The van der Waals surface area contributed by atoms with Crippen molar-refractivity contribution in [3.8, 4) is 0 Å². The fourth-order valence-electron chi connectivity index (χ4n) is 1.90. The Morgan fingerprint density at radius 3 is 3.00 bits per heavy atom. The third kappa shape index (κ3) is 2.91. The zero-order valence-electron chi connectivity index (χ0n) is 10.3. The van der Waals surface area contributed by atoms with Crippen molar-refractivity contribution in [2.75, 3.05) is 6.54 Å². The molecule has 1 aromatic carbocycles. The summed E-state index contributed by atoms with van der Waals surface area (Å²) in [6, 6.07) is 6.32. The molecule has 7 heteroatoms. The molecule has 0 unspecified atom stereocenters. The second kappa shape index (κ2) is 5.48. The Labute approximate surface area is 120 Å². The first kappa shape index (κ1) is 12.9. The molecule has 100 valence electrons. The molecular formula is C12H14ClN5S. The Kier molecular flexibility index (Phi) is 3.72. The monoisotopic (exact) mass is 295 g/mol. The van der Waals surface area contributed by atoms with Crippen molar-refractivity contribution in [3.05, 3.63) is 28.8 Å². The van der Waals surface area contributed by atoms with Crippen molar-refractivity contribution in [1.82, 2.24) is 20.2 Å². The van der Waals surface area contributed by atoms with Gasteiger partial charge in [-0.25, -0.2) is 4.68 Å². The van der Waals surface area contributed by atoms with Crippen LogP contribution in [-0.2, 0) is 6.42 Å². The molecule has 1 aromatic heterocycles. The Morgan fingerprint density at radius 2 is 2.26 bits per heavy atom. The summed E-state index contributed by atoms with van der Waals surface area (Å²) in [6.45, 7) is 0.599. The van der Waals surface area contributed by atoms with E-state index in [1.54, 1.807) is 11.8 Å². The van der Waals surface area contributed by atoms with Crippen molar-refractivity contribution >= 4 is 23.4 Å². The molecule has 1 heterocycles. The number of nitrogens with two attached hydrogens (primary N) is 1. The third-order valence-electron chi connectivity index (χ3n) is 2.99. The average Bonchev–Trinajstić information content (AvgIpc) is 3.14. The first-order valence-corrected chi connectivity index (χ1v) is 7.41. The number of rotatable bonds is 5. The first-order chi connectivity index (χ1) is 9.28. The Hall–Kier alpha value is -1.11. The van der Waals surface area contributed by atoms with Crippen LogP contribution in [-0.4, -0.2) is 26.8 Å². The predicted molar refractivity (Wildman–Crippen MR) is 74.4 cm³/mol. The quantitative estimate of drug-likeness (QED) is 0.916. The molecule has 1 saturated carbocycles. The topological polar surface area (TPSA) is 69.6 Å². The molecule has 2 N–H and O–H groups in total. The molecule has 0 bridgehead atoms. The van der Waals surface area contributed by atoms with Crippen LogP contribution in [0.15, 0.2) is 28.3 Å². The van der Waals surface area contributed by atoms with Gasteiger partial charge in [-0.15, -0.1) is 5.10 Å². The maximum atomic E-state index is 6.03. The van der Waals surface area contributed by atoms with E-state index in [1.165, 1.54) is 0 Å². The van der Waals surface area contributed by atoms with Crippen LogP contribution in [0, 0.1) is 0 Å². The van der Waals surface area contributed by atoms with Crippen LogP contribution in [0.4, 0.5) is 0 Å². The maximum absolute atomic E-state index is 6.03. The van der Waals surface area contributed by atoms with Gasteiger partial charge in [0.1, 0.15) is 0 Å². The molecule has 0 radical (unpaired) electrons.